The highest BCUT2D eigenvalue weighted by atomic mass is 32.2. The third-order valence-corrected chi connectivity index (χ3v) is 3.44. The van der Waals surface area contributed by atoms with E-state index in [1.165, 1.54) is 19.2 Å². The van der Waals surface area contributed by atoms with Crippen molar-refractivity contribution >= 4 is 23.4 Å². The van der Waals surface area contributed by atoms with Crippen LogP contribution in [0.25, 0.3) is 5.70 Å². The number of nitrogens with one attached hydrogen (secondary N) is 1. The van der Waals surface area contributed by atoms with Crippen LogP contribution in [0.4, 0.5) is 5.69 Å². The summed E-state index contributed by atoms with van der Waals surface area (Å²) >= 11 is 1.07. The fourth-order valence-electron chi connectivity index (χ4n) is 1.71. The number of hydrogen-bond donors (Lipinski definition) is 4. The molecule has 0 saturated heterocycles. The molecule has 0 heterocycles. The van der Waals surface area contributed by atoms with Crippen molar-refractivity contribution in [2.45, 2.75) is 4.90 Å². The Morgan fingerprint density at radius 1 is 1.05 bits per heavy atom. The Hall–Kier alpha value is -2.31. The number of anilines is 1. The summed E-state index contributed by atoms with van der Waals surface area (Å²) in [7, 11) is 1.52. The van der Waals surface area contributed by atoms with Crippen LogP contribution in [0.5, 0.6) is 17.2 Å². The monoisotopic (exact) mass is 305 g/mol. The number of phenols is 3. The number of phenolic OH excluding ortho intramolecular Hbond substituents is 3. The van der Waals surface area contributed by atoms with Crippen molar-refractivity contribution < 1.29 is 19.5 Å². The van der Waals surface area contributed by atoms with Crippen molar-refractivity contribution in [1.82, 2.24) is 0 Å². The molecule has 2 rings (SSSR count). The molecule has 0 fully saturated rings. The molecule has 2 aromatic rings. The van der Waals surface area contributed by atoms with Crippen LogP contribution < -0.4 is 5.32 Å². The Kier molecular flexibility index (Phi) is 4.62. The van der Waals surface area contributed by atoms with E-state index in [1.807, 2.05) is 0 Å². The quantitative estimate of drug-likeness (QED) is 0.384. The Morgan fingerprint density at radius 2 is 1.81 bits per heavy atom. The van der Waals surface area contributed by atoms with Crippen molar-refractivity contribution in [1.29, 1.82) is 0 Å². The average Bonchev–Trinajstić information content (AvgIpc) is 2.45. The largest absolute Gasteiger partial charge is 0.507 e. The number of aromatic hydroxyl groups is 3. The second-order valence-electron chi connectivity index (χ2n) is 4.24. The van der Waals surface area contributed by atoms with E-state index in [9.17, 15) is 15.3 Å². The highest BCUT2D eigenvalue weighted by molar-refractivity contribution is 7.94. The molecule has 6 heteroatoms. The lowest BCUT2D eigenvalue weighted by Gasteiger charge is -2.12. The molecule has 0 aliphatic carbocycles. The van der Waals surface area contributed by atoms with Gasteiger partial charge in [0, 0.05) is 35.1 Å². The van der Waals surface area contributed by atoms with Gasteiger partial charge in [0.1, 0.15) is 5.75 Å². The molecule has 0 unspecified atom stereocenters. The summed E-state index contributed by atoms with van der Waals surface area (Å²) in [5, 5.41) is 31.6. The predicted octanol–water partition coefficient (Wildman–Crippen LogP) is 3.54. The fourth-order valence-corrected chi connectivity index (χ4v) is 2.16. The number of benzene rings is 2. The molecular weight excluding hydrogens is 290 g/mol. The zero-order valence-electron chi connectivity index (χ0n) is 11.3. The first kappa shape index (κ1) is 15.1. The lowest BCUT2D eigenvalue weighted by atomic mass is 10.1. The molecule has 0 aliphatic rings. The van der Waals surface area contributed by atoms with Gasteiger partial charge in [0.05, 0.1) is 12.0 Å². The molecular formula is C15H15NO4S. The van der Waals surface area contributed by atoms with Crippen LogP contribution in [0.1, 0.15) is 5.56 Å². The first-order valence-electron chi connectivity index (χ1n) is 6.03. The van der Waals surface area contributed by atoms with E-state index in [-0.39, 0.29) is 17.2 Å². The van der Waals surface area contributed by atoms with Crippen LogP contribution >= 0.6 is 12.0 Å². The first-order valence-corrected chi connectivity index (χ1v) is 6.77. The molecule has 0 aliphatic heterocycles. The Bertz CT molecular complexity index is 673. The standard InChI is InChI=1S/C15H15NO4S/c1-9(16-11-4-5-12(17)13(18)8-11)10-3-6-15(21-20-2)14(19)7-10/h3-8,16-19H,1H2,2H3. The van der Waals surface area contributed by atoms with Crippen LogP contribution in [0, 0.1) is 0 Å². The molecule has 2 aromatic carbocycles. The summed E-state index contributed by atoms with van der Waals surface area (Å²) in [6, 6.07) is 9.44. The summed E-state index contributed by atoms with van der Waals surface area (Å²) in [4.78, 5) is 0.608. The van der Waals surface area contributed by atoms with Gasteiger partial charge in [-0.1, -0.05) is 12.6 Å². The van der Waals surface area contributed by atoms with Crippen molar-refractivity contribution in [3.8, 4) is 17.2 Å². The molecule has 0 aromatic heterocycles. The minimum Gasteiger partial charge on any atom is -0.507 e. The zero-order valence-corrected chi connectivity index (χ0v) is 12.1. The molecule has 4 N–H and O–H groups in total. The minimum atomic E-state index is -0.220. The lowest BCUT2D eigenvalue weighted by molar-refractivity contribution is 0.404. The first-order chi connectivity index (χ1) is 10.0. The third-order valence-electron chi connectivity index (χ3n) is 2.75. The van der Waals surface area contributed by atoms with E-state index in [4.69, 9.17) is 4.18 Å². The smallest absolute Gasteiger partial charge is 0.159 e. The van der Waals surface area contributed by atoms with Gasteiger partial charge in [-0.15, -0.1) is 0 Å². The maximum Gasteiger partial charge on any atom is 0.159 e. The summed E-state index contributed by atoms with van der Waals surface area (Å²) in [6.45, 7) is 3.88. The summed E-state index contributed by atoms with van der Waals surface area (Å²) in [5.74, 6) is -0.317. The zero-order chi connectivity index (χ0) is 15.4. The molecule has 0 spiro atoms. The van der Waals surface area contributed by atoms with Crippen LogP contribution in [-0.2, 0) is 4.18 Å². The van der Waals surface area contributed by atoms with Gasteiger partial charge in [0.25, 0.3) is 0 Å². The summed E-state index contributed by atoms with van der Waals surface area (Å²) in [6.07, 6.45) is 0. The van der Waals surface area contributed by atoms with Crippen molar-refractivity contribution in [3.63, 3.8) is 0 Å². The normalized spacial score (nSPS) is 10.3. The summed E-state index contributed by atoms with van der Waals surface area (Å²) in [5.41, 5.74) is 1.81. The van der Waals surface area contributed by atoms with E-state index < -0.39 is 0 Å². The molecule has 0 bridgehead atoms. The van der Waals surface area contributed by atoms with Gasteiger partial charge < -0.3 is 24.8 Å². The Morgan fingerprint density at radius 3 is 2.43 bits per heavy atom. The van der Waals surface area contributed by atoms with E-state index in [1.54, 1.807) is 24.3 Å². The molecule has 0 amide bonds. The molecule has 0 atom stereocenters. The van der Waals surface area contributed by atoms with Gasteiger partial charge in [0.15, 0.2) is 11.5 Å². The van der Waals surface area contributed by atoms with Gasteiger partial charge in [-0.05, 0) is 24.3 Å². The third kappa shape index (κ3) is 3.62. The summed E-state index contributed by atoms with van der Waals surface area (Å²) < 4.78 is 4.90. The maximum atomic E-state index is 9.88. The average molecular weight is 305 g/mol. The van der Waals surface area contributed by atoms with Crippen molar-refractivity contribution in [2.24, 2.45) is 0 Å². The fraction of sp³-hybridized carbons (Fsp3) is 0.0667. The second kappa shape index (κ2) is 6.43. The molecule has 0 saturated carbocycles. The molecule has 110 valence electrons. The van der Waals surface area contributed by atoms with Gasteiger partial charge in [0.2, 0.25) is 0 Å². The van der Waals surface area contributed by atoms with Crippen molar-refractivity contribution in [3.05, 3.63) is 48.5 Å². The van der Waals surface area contributed by atoms with E-state index in [0.29, 0.717) is 21.8 Å². The van der Waals surface area contributed by atoms with Crippen LogP contribution in [0.2, 0.25) is 0 Å². The van der Waals surface area contributed by atoms with E-state index in [0.717, 1.165) is 12.0 Å². The van der Waals surface area contributed by atoms with Gasteiger partial charge in [-0.25, -0.2) is 0 Å². The Balaban J connectivity index is 2.16. The molecule has 21 heavy (non-hydrogen) atoms. The maximum absolute atomic E-state index is 9.88. The Labute approximate surface area is 126 Å². The van der Waals surface area contributed by atoms with Crippen LogP contribution in [0.15, 0.2) is 47.9 Å². The van der Waals surface area contributed by atoms with Crippen molar-refractivity contribution in [2.75, 3.05) is 12.4 Å². The van der Waals surface area contributed by atoms with Crippen LogP contribution in [0.3, 0.4) is 0 Å². The number of rotatable bonds is 5. The number of hydrogen-bond acceptors (Lipinski definition) is 6. The van der Waals surface area contributed by atoms with Gasteiger partial charge in [-0.2, -0.15) is 0 Å². The SMILES string of the molecule is C=C(Nc1ccc(O)c(O)c1)c1ccc(SOC)c(O)c1. The van der Waals surface area contributed by atoms with Gasteiger partial charge in [-0.3, -0.25) is 0 Å². The second-order valence-corrected chi connectivity index (χ2v) is 5.18. The highest BCUT2D eigenvalue weighted by Gasteiger charge is 2.07. The van der Waals surface area contributed by atoms with Crippen LogP contribution in [-0.4, -0.2) is 22.4 Å². The minimum absolute atomic E-state index is 0.0934. The topological polar surface area (TPSA) is 82.0 Å². The highest BCUT2D eigenvalue weighted by Crippen LogP contribution is 2.32. The lowest BCUT2D eigenvalue weighted by Crippen LogP contribution is -1.97. The van der Waals surface area contributed by atoms with E-state index in [2.05, 4.69) is 11.9 Å². The predicted molar refractivity (Wildman–Crippen MR) is 83.4 cm³/mol. The molecule has 0 radical (unpaired) electrons. The van der Waals surface area contributed by atoms with E-state index >= 15 is 0 Å². The van der Waals surface area contributed by atoms with Gasteiger partial charge >= 0.3 is 0 Å². The molecule has 5 nitrogen and oxygen atoms in total.